The summed E-state index contributed by atoms with van der Waals surface area (Å²) in [5.41, 5.74) is 0.628. The lowest BCUT2D eigenvalue weighted by atomic mass is 9.97. The van der Waals surface area contributed by atoms with Gasteiger partial charge in [0.15, 0.2) is 0 Å². The van der Waals surface area contributed by atoms with Crippen molar-refractivity contribution in [2.75, 3.05) is 26.0 Å². The van der Waals surface area contributed by atoms with E-state index in [1.165, 1.54) is 0 Å². The smallest absolute Gasteiger partial charge is 0.224 e. The van der Waals surface area contributed by atoms with Crippen LogP contribution in [0.4, 0.5) is 0 Å². The number of carbonyl (C=O) groups is 1. The SMILES string of the molecule is CC1(C)CO[C@H](c2ccccc2)CN1C(=O)CCNS(C)(=O)=O. The van der Waals surface area contributed by atoms with Gasteiger partial charge in [-0.05, 0) is 19.4 Å². The van der Waals surface area contributed by atoms with Crippen LogP contribution in [0, 0.1) is 0 Å². The lowest BCUT2D eigenvalue weighted by Crippen LogP contribution is -2.56. The molecule has 1 amide bonds. The molecule has 0 aromatic heterocycles. The van der Waals surface area contributed by atoms with E-state index in [0.29, 0.717) is 13.2 Å². The molecule has 1 aromatic carbocycles. The van der Waals surface area contributed by atoms with Crippen molar-refractivity contribution in [3.63, 3.8) is 0 Å². The Kier molecular flexibility index (Phi) is 5.44. The Balaban J connectivity index is 2.03. The highest BCUT2D eigenvalue weighted by Gasteiger charge is 2.38. The molecule has 0 saturated carbocycles. The first-order valence-electron chi connectivity index (χ1n) is 7.61. The van der Waals surface area contributed by atoms with Gasteiger partial charge in [-0.25, -0.2) is 13.1 Å². The van der Waals surface area contributed by atoms with Crippen molar-refractivity contribution in [1.82, 2.24) is 9.62 Å². The van der Waals surface area contributed by atoms with Gasteiger partial charge in [0.1, 0.15) is 6.10 Å². The molecule has 7 heteroatoms. The van der Waals surface area contributed by atoms with Crippen molar-refractivity contribution in [2.24, 2.45) is 0 Å². The van der Waals surface area contributed by atoms with Gasteiger partial charge < -0.3 is 9.64 Å². The number of nitrogens with zero attached hydrogens (tertiary/aromatic N) is 1. The van der Waals surface area contributed by atoms with Gasteiger partial charge >= 0.3 is 0 Å². The van der Waals surface area contributed by atoms with E-state index in [-0.39, 0.29) is 25.0 Å². The average molecular weight is 340 g/mol. The fourth-order valence-corrected chi connectivity index (χ4v) is 3.11. The molecule has 1 aliphatic rings. The van der Waals surface area contributed by atoms with E-state index < -0.39 is 15.6 Å². The molecule has 128 valence electrons. The molecule has 0 radical (unpaired) electrons. The maximum absolute atomic E-state index is 12.5. The van der Waals surface area contributed by atoms with Crippen LogP contribution < -0.4 is 4.72 Å². The molecule has 23 heavy (non-hydrogen) atoms. The van der Waals surface area contributed by atoms with Gasteiger partial charge in [0.2, 0.25) is 15.9 Å². The Hall–Kier alpha value is -1.44. The predicted molar refractivity (Wildman–Crippen MR) is 88.4 cm³/mol. The van der Waals surface area contributed by atoms with E-state index in [1.54, 1.807) is 4.90 Å². The molecule has 1 heterocycles. The number of ether oxygens (including phenoxy) is 1. The predicted octanol–water partition coefficient (Wildman–Crippen LogP) is 1.30. The Morgan fingerprint density at radius 2 is 2.00 bits per heavy atom. The lowest BCUT2D eigenvalue weighted by molar-refractivity contribution is -0.154. The Morgan fingerprint density at radius 3 is 2.61 bits per heavy atom. The molecule has 1 aromatic rings. The fraction of sp³-hybridized carbons (Fsp3) is 0.562. The number of rotatable bonds is 5. The van der Waals surface area contributed by atoms with E-state index in [2.05, 4.69) is 4.72 Å². The summed E-state index contributed by atoms with van der Waals surface area (Å²) in [6.07, 6.45) is 1.07. The van der Waals surface area contributed by atoms with Crippen LogP contribution in [0.25, 0.3) is 0 Å². The van der Waals surface area contributed by atoms with E-state index in [9.17, 15) is 13.2 Å². The fourth-order valence-electron chi connectivity index (χ4n) is 2.64. The topological polar surface area (TPSA) is 75.7 Å². The summed E-state index contributed by atoms with van der Waals surface area (Å²) in [6, 6.07) is 9.80. The van der Waals surface area contributed by atoms with E-state index in [1.807, 2.05) is 44.2 Å². The van der Waals surface area contributed by atoms with Gasteiger partial charge in [0, 0.05) is 13.0 Å². The molecule has 1 N–H and O–H groups in total. The summed E-state index contributed by atoms with van der Waals surface area (Å²) in [6.45, 7) is 4.93. The van der Waals surface area contributed by atoms with E-state index >= 15 is 0 Å². The molecule has 1 atom stereocenters. The third-order valence-corrected chi connectivity index (χ3v) is 4.62. The molecule has 1 aliphatic heterocycles. The summed E-state index contributed by atoms with van der Waals surface area (Å²) < 4.78 is 30.5. The minimum atomic E-state index is -3.28. The van der Waals surface area contributed by atoms with Crippen LogP contribution in [0.15, 0.2) is 30.3 Å². The van der Waals surface area contributed by atoms with Gasteiger partial charge in [0.25, 0.3) is 0 Å². The van der Waals surface area contributed by atoms with Gasteiger partial charge in [0.05, 0.1) is 24.9 Å². The highest BCUT2D eigenvalue weighted by molar-refractivity contribution is 7.88. The summed E-state index contributed by atoms with van der Waals surface area (Å²) >= 11 is 0. The first-order chi connectivity index (χ1) is 10.7. The zero-order valence-electron chi connectivity index (χ0n) is 13.8. The van der Waals surface area contributed by atoms with Crippen LogP contribution in [0.2, 0.25) is 0 Å². The summed E-state index contributed by atoms with van der Waals surface area (Å²) in [5.74, 6) is -0.0737. The van der Waals surface area contributed by atoms with Crippen molar-refractivity contribution >= 4 is 15.9 Å². The van der Waals surface area contributed by atoms with Crippen molar-refractivity contribution < 1.29 is 17.9 Å². The normalized spacial score (nSPS) is 21.2. The van der Waals surface area contributed by atoms with Crippen LogP contribution in [-0.4, -0.2) is 50.7 Å². The molecule has 2 rings (SSSR count). The molecule has 0 spiro atoms. The third-order valence-electron chi connectivity index (χ3n) is 3.89. The van der Waals surface area contributed by atoms with Crippen LogP contribution in [0.5, 0.6) is 0 Å². The molecule has 0 bridgehead atoms. The zero-order chi connectivity index (χ0) is 17.1. The minimum Gasteiger partial charge on any atom is -0.369 e. The Bertz CT molecular complexity index is 643. The molecule has 0 unspecified atom stereocenters. The number of hydrogen-bond acceptors (Lipinski definition) is 4. The number of nitrogens with one attached hydrogen (secondary N) is 1. The van der Waals surface area contributed by atoms with Crippen molar-refractivity contribution in [3.05, 3.63) is 35.9 Å². The number of amides is 1. The molecular formula is C16H24N2O4S. The maximum Gasteiger partial charge on any atom is 0.224 e. The molecule has 6 nitrogen and oxygen atoms in total. The quantitative estimate of drug-likeness (QED) is 0.877. The van der Waals surface area contributed by atoms with Gasteiger partial charge in [-0.1, -0.05) is 30.3 Å². The first kappa shape index (κ1) is 17.9. The third kappa shape index (κ3) is 5.02. The van der Waals surface area contributed by atoms with E-state index in [4.69, 9.17) is 4.74 Å². The van der Waals surface area contributed by atoms with Crippen molar-refractivity contribution in [2.45, 2.75) is 31.9 Å². The number of carbonyl (C=O) groups excluding carboxylic acids is 1. The van der Waals surface area contributed by atoms with Crippen molar-refractivity contribution in [3.8, 4) is 0 Å². The van der Waals surface area contributed by atoms with Crippen LogP contribution in [0.1, 0.15) is 31.9 Å². The average Bonchev–Trinajstić information content (AvgIpc) is 2.46. The molecule has 1 saturated heterocycles. The Labute approximate surface area is 137 Å². The van der Waals surface area contributed by atoms with Gasteiger partial charge in [-0.3, -0.25) is 4.79 Å². The highest BCUT2D eigenvalue weighted by Crippen LogP contribution is 2.30. The minimum absolute atomic E-state index is 0.0737. The summed E-state index contributed by atoms with van der Waals surface area (Å²) in [5, 5.41) is 0. The number of sulfonamides is 1. The number of hydrogen-bond donors (Lipinski definition) is 1. The number of benzene rings is 1. The first-order valence-corrected chi connectivity index (χ1v) is 9.50. The summed E-state index contributed by atoms with van der Waals surface area (Å²) in [7, 11) is -3.28. The molecule has 0 aliphatic carbocycles. The molecular weight excluding hydrogens is 316 g/mol. The standard InChI is InChI=1S/C16H24N2O4S/c1-16(2)12-22-14(13-7-5-4-6-8-13)11-18(16)15(19)9-10-17-23(3,20)21/h4-8,14,17H,9-12H2,1-3H3/t14-/m0/s1. The van der Waals surface area contributed by atoms with Gasteiger partial charge in [-0.2, -0.15) is 0 Å². The lowest BCUT2D eigenvalue weighted by Gasteiger charge is -2.45. The second kappa shape index (κ2) is 6.98. The van der Waals surface area contributed by atoms with Crippen LogP contribution >= 0.6 is 0 Å². The molecule has 1 fully saturated rings. The van der Waals surface area contributed by atoms with Crippen LogP contribution in [-0.2, 0) is 19.6 Å². The van der Waals surface area contributed by atoms with E-state index in [0.717, 1.165) is 11.8 Å². The monoisotopic (exact) mass is 340 g/mol. The second-order valence-electron chi connectivity index (χ2n) is 6.44. The Morgan fingerprint density at radius 1 is 1.35 bits per heavy atom. The van der Waals surface area contributed by atoms with Crippen molar-refractivity contribution in [1.29, 1.82) is 0 Å². The summed E-state index contributed by atoms with van der Waals surface area (Å²) in [4.78, 5) is 14.3. The van der Waals surface area contributed by atoms with Gasteiger partial charge in [-0.15, -0.1) is 0 Å². The largest absolute Gasteiger partial charge is 0.369 e. The second-order valence-corrected chi connectivity index (χ2v) is 8.28. The number of morpholine rings is 1. The highest BCUT2D eigenvalue weighted by atomic mass is 32.2. The zero-order valence-corrected chi connectivity index (χ0v) is 14.6. The maximum atomic E-state index is 12.5. The van der Waals surface area contributed by atoms with Crippen LogP contribution in [0.3, 0.4) is 0 Å².